The zero-order chi connectivity index (χ0) is 18.5. The largest absolute Gasteiger partial charge is 0.497 e. The molecule has 2 N–H and O–H groups in total. The summed E-state index contributed by atoms with van der Waals surface area (Å²) in [6, 6.07) is 12.3. The van der Waals surface area contributed by atoms with Gasteiger partial charge in [-0.3, -0.25) is 4.79 Å². The molecule has 3 rings (SSSR count). The number of benzene rings is 2. The van der Waals surface area contributed by atoms with Crippen LogP contribution in [0.1, 0.15) is 21.5 Å². The van der Waals surface area contributed by atoms with E-state index in [1.54, 1.807) is 31.4 Å². The smallest absolute Gasteiger partial charge is 0.335 e. The molecule has 0 spiro atoms. The summed E-state index contributed by atoms with van der Waals surface area (Å²) in [7, 11) is 1.61. The Morgan fingerprint density at radius 1 is 1.23 bits per heavy atom. The van der Waals surface area contributed by atoms with E-state index in [1.165, 1.54) is 0 Å². The molecule has 1 aliphatic heterocycles. The molecule has 2 aromatic carbocycles. The first-order valence-corrected chi connectivity index (χ1v) is 8.46. The lowest BCUT2D eigenvalue weighted by molar-refractivity contribution is -0.126. The highest BCUT2D eigenvalue weighted by Gasteiger charge is 2.26. The predicted molar refractivity (Wildman–Crippen MR) is 95.8 cm³/mol. The minimum absolute atomic E-state index is 0.0411. The monoisotopic (exact) mass is 355 g/mol. The van der Waals surface area contributed by atoms with E-state index in [4.69, 9.17) is 14.6 Å². The van der Waals surface area contributed by atoms with Crippen LogP contribution in [0.15, 0.2) is 42.5 Å². The van der Waals surface area contributed by atoms with Crippen LogP contribution in [0.5, 0.6) is 11.5 Å². The van der Waals surface area contributed by atoms with Crippen molar-refractivity contribution in [2.45, 2.75) is 12.8 Å². The van der Waals surface area contributed by atoms with E-state index in [0.717, 1.165) is 22.6 Å². The lowest BCUT2D eigenvalue weighted by Gasteiger charge is -2.25. The normalized spacial score (nSPS) is 15.5. The van der Waals surface area contributed by atoms with E-state index in [-0.39, 0.29) is 17.4 Å². The number of carboxylic acid groups (broad SMARTS) is 1. The second-order valence-corrected chi connectivity index (χ2v) is 6.23. The van der Waals surface area contributed by atoms with E-state index < -0.39 is 5.97 Å². The first-order valence-electron chi connectivity index (χ1n) is 8.46. The Morgan fingerprint density at radius 3 is 2.69 bits per heavy atom. The summed E-state index contributed by atoms with van der Waals surface area (Å²) in [5.41, 5.74) is 2.21. The molecule has 1 unspecified atom stereocenters. The number of rotatable bonds is 6. The Bertz CT molecular complexity index is 800. The topological polar surface area (TPSA) is 84.9 Å². The van der Waals surface area contributed by atoms with Crippen LogP contribution in [0, 0.1) is 5.92 Å². The van der Waals surface area contributed by atoms with E-state index in [0.29, 0.717) is 26.0 Å². The van der Waals surface area contributed by atoms with Gasteiger partial charge in [-0.15, -0.1) is 0 Å². The molecular formula is C20H21NO5. The van der Waals surface area contributed by atoms with Crippen LogP contribution in [0.3, 0.4) is 0 Å². The van der Waals surface area contributed by atoms with Crippen LogP contribution in [0.2, 0.25) is 0 Å². The van der Waals surface area contributed by atoms with E-state index in [1.807, 2.05) is 18.2 Å². The number of amides is 1. The second-order valence-electron chi connectivity index (χ2n) is 6.23. The standard InChI is InChI=1S/C20H21NO5/c1-25-17-6-7-18-15(11-17)10-16(12-26-18)19(22)21-9-8-13-2-4-14(5-3-13)20(23)24/h2-7,11,16H,8-10,12H2,1H3,(H,21,22)(H,23,24). The fourth-order valence-electron chi connectivity index (χ4n) is 2.95. The Morgan fingerprint density at radius 2 is 2.00 bits per heavy atom. The number of carbonyl (C=O) groups excluding carboxylic acids is 1. The van der Waals surface area contributed by atoms with Crippen molar-refractivity contribution in [1.82, 2.24) is 5.32 Å². The van der Waals surface area contributed by atoms with Crippen molar-refractivity contribution in [3.63, 3.8) is 0 Å². The summed E-state index contributed by atoms with van der Waals surface area (Å²) < 4.78 is 10.9. The average molecular weight is 355 g/mol. The first kappa shape index (κ1) is 17.8. The number of carbonyl (C=O) groups is 2. The Balaban J connectivity index is 1.51. The molecule has 0 aliphatic carbocycles. The summed E-state index contributed by atoms with van der Waals surface area (Å²) in [4.78, 5) is 23.2. The lowest BCUT2D eigenvalue weighted by atomic mass is 9.95. The van der Waals surface area contributed by atoms with Gasteiger partial charge < -0.3 is 19.9 Å². The summed E-state index contributed by atoms with van der Waals surface area (Å²) in [6.45, 7) is 0.852. The zero-order valence-corrected chi connectivity index (χ0v) is 14.5. The molecule has 2 aromatic rings. The summed E-state index contributed by atoms with van der Waals surface area (Å²) in [5, 5.41) is 11.8. The van der Waals surface area contributed by atoms with Gasteiger partial charge in [-0.05, 0) is 54.3 Å². The SMILES string of the molecule is COc1ccc2c(c1)CC(C(=O)NCCc1ccc(C(=O)O)cc1)CO2. The van der Waals surface area contributed by atoms with Gasteiger partial charge in [0, 0.05) is 6.54 Å². The maximum absolute atomic E-state index is 12.4. The highest BCUT2D eigenvalue weighted by molar-refractivity contribution is 5.87. The van der Waals surface area contributed by atoms with Crippen molar-refractivity contribution < 1.29 is 24.2 Å². The molecule has 0 bridgehead atoms. The highest BCUT2D eigenvalue weighted by atomic mass is 16.5. The van der Waals surface area contributed by atoms with Gasteiger partial charge in [0.2, 0.25) is 5.91 Å². The maximum Gasteiger partial charge on any atom is 0.335 e. The number of methoxy groups -OCH3 is 1. The van der Waals surface area contributed by atoms with E-state index >= 15 is 0 Å². The molecule has 6 nitrogen and oxygen atoms in total. The number of aromatic carboxylic acids is 1. The molecule has 1 amide bonds. The van der Waals surface area contributed by atoms with Crippen LogP contribution in [0.4, 0.5) is 0 Å². The maximum atomic E-state index is 12.4. The third kappa shape index (κ3) is 4.14. The number of nitrogens with one attached hydrogen (secondary N) is 1. The van der Waals surface area contributed by atoms with Crippen LogP contribution in [-0.4, -0.2) is 37.2 Å². The quantitative estimate of drug-likeness (QED) is 0.831. The number of carboxylic acids is 1. The second kappa shape index (κ2) is 7.91. The number of ether oxygens (including phenoxy) is 2. The van der Waals surface area contributed by atoms with Crippen molar-refractivity contribution in [2.75, 3.05) is 20.3 Å². The number of fused-ring (bicyclic) bond motifs is 1. The molecule has 6 heteroatoms. The van der Waals surface area contributed by atoms with Gasteiger partial charge in [-0.2, -0.15) is 0 Å². The minimum atomic E-state index is -0.945. The van der Waals surface area contributed by atoms with Crippen molar-refractivity contribution in [3.8, 4) is 11.5 Å². The molecule has 0 saturated heterocycles. The minimum Gasteiger partial charge on any atom is -0.497 e. The number of hydrogen-bond acceptors (Lipinski definition) is 4. The first-order chi connectivity index (χ1) is 12.6. The van der Waals surface area contributed by atoms with Gasteiger partial charge in [0.05, 0.1) is 18.6 Å². The summed E-state index contributed by atoms with van der Waals surface area (Å²) >= 11 is 0. The Kier molecular flexibility index (Phi) is 5.41. The van der Waals surface area contributed by atoms with Crippen molar-refractivity contribution in [1.29, 1.82) is 0 Å². The molecule has 136 valence electrons. The summed E-state index contributed by atoms with van der Waals surface area (Å²) in [5.74, 6) is 0.329. The highest BCUT2D eigenvalue weighted by Crippen LogP contribution is 2.30. The van der Waals surface area contributed by atoms with E-state index in [9.17, 15) is 9.59 Å². The fourth-order valence-corrected chi connectivity index (χ4v) is 2.95. The molecule has 0 fully saturated rings. The van der Waals surface area contributed by atoms with Gasteiger partial charge in [-0.1, -0.05) is 12.1 Å². The molecule has 0 radical (unpaired) electrons. The van der Waals surface area contributed by atoms with E-state index in [2.05, 4.69) is 5.32 Å². The van der Waals surface area contributed by atoms with Crippen LogP contribution in [-0.2, 0) is 17.6 Å². The van der Waals surface area contributed by atoms with Crippen molar-refractivity contribution in [2.24, 2.45) is 5.92 Å². The Hall–Kier alpha value is -3.02. The molecular weight excluding hydrogens is 334 g/mol. The predicted octanol–water partition coefficient (Wildman–Crippen LogP) is 2.30. The van der Waals surface area contributed by atoms with Crippen LogP contribution in [0.25, 0.3) is 0 Å². The molecule has 0 saturated carbocycles. The molecule has 1 aliphatic rings. The third-order valence-corrected chi connectivity index (χ3v) is 4.46. The van der Waals surface area contributed by atoms with Gasteiger partial charge in [-0.25, -0.2) is 4.79 Å². The van der Waals surface area contributed by atoms with Gasteiger partial charge >= 0.3 is 5.97 Å². The fraction of sp³-hybridized carbons (Fsp3) is 0.300. The Labute approximate surface area is 151 Å². The van der Waals surface area contributed by atoms with Gasteiger partial charge in [0.25, 0.3) is 0 Å². The molecule has 26 heavy (non-hydrogen) atoms. The number of hydrogen-bond donors (Lipinski definition) is 2. The molecule has 0 aromatic heterocycles. The third-order valence-electron chi connectivity index (χ3n) is 4.46. The lowest BCUT2D eigenvalue weighted by Crippen LogP contribution is -2.38. The van der Waals surface area contributed by atoms with Crippen LogP contribution < -0.4 is 14.8 Å². The van der Waals surface area contributed by atoms with Crippen molar-refractivity contribution >= 4 is 11.9 Å². The van der Waals surface area contributed by atoms with Gasteiger partial charge in [0.15, 0.2) is 0 Å². The van der Waals surface area contributed by atoms with Crippen molar-refractivity contribution in [3.05, 3.63) is 59.2 Å². The zero-order valence-electron chi connectivity index (χ0n) is 14.5. The molecule has 1 heterocycles. The molecule has 1 atom stereocenters. The average Bonchev–Trinajstić information content (AvgIpc) is 2.67. The van der Waals surface area contributed by atoms with Gasteiger partial charge in [0.1, 0.15) is 18.1 Å². The summed E-state index contributed by atoms with van der Waals surface area (Å²) in [6.07, 6.45) is 1.26. The van der Waals surface area contributed by atoms with Crippen LogP contribution >= 0.6 is 0 Å².